The molecule has 84 valence electrons. The molecule has 1 aliphatic heterocycles. The zero-order chi connectivity index (χ0) is 11.0. The van der Waals surface area contributed by atoms with E-state index in [1.165, 1.54) is 0 Å². The molecular weight excluding hydrogens is 204 g/mol. The van der Waals surface area contributed by atoms with E-state index in [-0.39, 0.29) is 13.1 Å². The third-order valence-corrected chi connectivity index (χ3v) is 2.12. The molecule has 1 fully saturated rings. The monoisotopic (exact) mass is 216 g/mol. The van der Waals surface area contributed by atoms with Gasteiger partial charge in [0.15, 0.2) is 0 Å². The van der Waals surface area contributed by atoms with Crippen LogP contribution in [0, 0.1) is 0 Å². The van der Waals surface area contributed by atoms with Crippen molar-refractivity contribution in [3.05, 3.63) is 0 Å². The second kappa shape index (κ2) is 3.63. The summed E-state index contributed by atoms with van der Waals surface area (Å²) in [5.74, 6) is -8.03. The van der Waals surface area contributed by atoms with Gasteiger partial charge >= 0.3 is 11.8 Å². The van der Waals surface area contributed by atoms with Crippen molar-refractivity contribution in [3.8, 4) is 0 Å². The van der Waals surface area contributed by atoms with Gasteiger partial charge in [0.2, 0.25) is 0 Å². The molecule has 0 amide bonds. The van der Waals surface area contributed by atoms with Crippen LogP contribution in [0.2, 0.25) is 0 Å². The molecule has 1 rings (SSSR count). The van der Waals surface area contributed by atoms with Crippen LogP contribution in [0.15, 0.2) is 0 Å². The summed E-state index contributed by atoms with van der Waals surface area (Å²) in [4.78, 5) is 0.817. The molecule has 1 heterocycles. The summed E-state index contributed by atoms with van der Waals surface area (Å²) in [6.07, 6.45) is -1.04. The summed E-state index contributed by atoms with van der Waals surface area (Å²) in [5.41, 5.74) is 5.03. The third kappa shape index (κ3) is 2.15. The van der Waals surface area contributed by atoms with Crippen LogP contribution >= 0.6 is 0 Å². The van der Waals surface area contributed by atoms with Gasteiger partial charge in [0.25, 0.3) is 0 Å². The number of rotatable bonds is 3. The minimum Gasteiger partial charge on any atom is -0.390 e. The van der Waals surface area contributed by atoms with Crippen molar-refractivity contribution in [3.63, 3.8) is 0 Å². The number of β-amino-alcohol motifs (C(OH)–C–C–N with tert-alkyl or cyclic N) is 1. The summed E-state index contributed by atoms with van der Waals surface area (Å²) < 4.78 is 50.5. The predicted octanol–water partition coefficient (Wildman–Crippen LogP) is -0.108. The maximum absolute atomic E-state index is 12.6. The minimum absolute atomic E-state index is 0.131. The highest BCUT2D eigenvalue weighted by Crippen LogP contribution is 2.40. The molecule has 1 aliphatic rings. The molecule has 3 N–H and O–H groups in total. The molecule has 1 unspecified atom stereocenters. The summed E-state index contributed by atoms with van der Waals surface area (Å²) in [5, 5.41) is 9.00. The highest BCUT2D eigenvalue weighted by Gasteiger charge is 2.62. The fraction of sp³-hybridized carbons (Fsp3) is 1.00. The third-order valence-electron chi connectivity index (χ3n) is 2.12. The number of hydrogen-bond donors (Lipinski definition) is 2. The van der Waals surface area contributed by atoms with E-state index in [0.29, 0.717) is 0 Å². The Morgan fingerprint density at radius 1 is 1.21 bits per heavy atom. The standard InChI is InChI=1S/C7H12F4N2O/c8-6(9)3-13(2-5(14)1-12)4-7(6,10)11/h5,14H,1-4,12H2. The van der Waals surface area contributed by atoms with Crippen molar-refractivity contribution in [2.45, 2.75) is 17.9 Å². The number of nitrogens with zero attached hydrogens (tertiary/aromatic N) is 1. The van der Waals surface area contributed by atoms with Gasteiger partial charge in [-0.1, -0.05) is 0 Å². The minimum atomic E-state index is -4.01. The zero-order valence-electron chi connectivity index (χ0n) is 7.39. The smallest absolute Gasteiger partial charge is 0.323 e. The normalized spacial score (nSPS) is 27.9. The summed E-state index contributed by atoms with van der Waals surface area (Å²) >= 11 is 0. The van der Waals surface area contributed by atoms with Crippen molar-refractivity contribution in [2.24, 2.45) is 5.73 Å². The lowest BCUT2D eigenvalue weighted by Gasteiger charge is -2.17. The molecular formula is C7H12F4N2O. The summed E-state index contributed by atoms with van der Waals surface area (Å²) in [7, 11) is 0. The Bertz CT molecular complexity index is 196. The number of hydrogen-bond acceptors (Lipinski definition) is 3. The number of aliphatic hydroxyl groups excluding tert-OH is 1. The van der Waals surface area contributed by atoms with E-state index >= 15 is 0 Å². The van der Waals surface area contributed by atoms with Crippen LogP contribution in [0.25, 0.3) is 0 Å². The second-order valence-electron chi connectivity index (χ2n) is 3.47. The molecule has 0 spiro atoms. The molecule has 0 aromatic rings. The van der Waals surface area contributed by atoms with Crippen LogP contribution in [0.5, 0.6) is 0 Å². The Morgan fingerprint density at radius 2 is 1.64 bits per heavy atom. The number of alkyl halides is 4. The van der Waals surface area contributed by atoms with E-state index in [9.17, 15) is 17.6 Å². The van der Waals surface area contributed by atoms with E-state index in [0.717, 1.165) is 4.90 Å². The Hall–Kier alpha value is -0.400. The second-order valence-corrected chi connectivity index (χ2v) is 3.47. The Kier molecular flexibility index (Phi) is 3.03. The van der Waals surface area contributed by atoms with Crippen LogP contribution in [0.1, 0.15) is 0 Å². The van der Waals surface area contributed by atoms with Gasteiger partial charge in [-0.2, -0.15) is 17.6 Å². The van der Waals surface area contributed by atoms with Crippen molar-refractivity contribution in [1.82, 2.24) is 4.90 Å². The highest BCUT2D eigenvalue weighted by atomic mass is 19.3. The van der Waals surface area contributed by atoms with E-state index in [1.54, 1.807) is 0 Å². The van der Waals surface area contributed by atoms with Gasteiger partial charge in [0.05, 0.1) is 19.2 Å². The zero-order valence-corrected chi connectivity index (χ0v) is 7.39. The molecule has 1 atom stereocenters. The lowest BCUT2D eigenvalue weighted by molar-refractivity contribution is -0.172. The van der Waals surface area contributed by atoms with Gasteiger partial charge in [-0.3, -0.25) is 4.90 Å². The quantitative estimate of drug-likeness (QED) is 0.647. The van der Waals surface area contributed by atoms with Crippen LogP contribution in [-0.2, 0) is 0 Å². The van der Waals surface area contributed by atoms with E-state index in [4.69, 9.17) is 10.8 Å². The fourth-order valence-electron chi connectivity index (χ4n) is 1.35. The Balaban J connectivity index is 2.55. The van der Waals surface area contributed by atoms with E-state index < -0.39 is 31.0 Å². The van der Waals surface area contributed by atoms with Gasteiger partial charge in [-0.05, 0) is 0 Å². The number of likely N-dealkylation sites (tertiary alicyclic amines) is 1. The van der Waals surface area contributed by atoms with Crippen molar-refractivity contribution >= 4 is 0 Å². The number of halogens is 4. The molecule has 3 nitrogen and oxygen atoms in total. The lowest BCUT2D eigenvalue weighted by atomic mass is 10.2. The van der Waals surface area contributed by atoms with E-state index in [1.807, 2.05) is 0 Å². The van der Waals surface area contributed by atoms with Gasteiger partial charge < -0.3 is 10.8 Å². The van der Waals surface area contributed by atoms with Gasteiger partial charge in [0, 0.05) is 13.1 Å². The first-order valence-corrected chi connectivity index (χ1v) is 4.14. The fourth-order valence-corrected chi connectivity index (χ4v) is 1.35. The van der Waals surface area contributed by atoms with Gasteiger partial charge in [0.1, 0.15) is 0 Å². The summed E-state index contributed by atoms with van der Waals surface area (Å²) in [6, 6.07) is 0. The first-order valence-electron chi connectivity index (χ1n) is 4.14. The lowest BCUT2D eigenvalue weighted by Crippen LogP contribution is -2.38. The molecule has 0 radical (unpaired) electrons. The topological polar surface area (TPSA) is 49.5 Å². The average Bonchev–Trinajstić information content (AvgIpc) is 2.20. The molecule has 0 aromatic carbocycles. The van der Waals surface area contributed by atoms with Crippen molar-refractivity contribution in [2.75, 3.05) is 26.2 Å². The number of aliphatic hydroxyl groups is 1. The van der Waals surface area contributed by atoms with Crippen LogP contribution in [-0.4, -0.2) is 54.1 Å². The predicted molar refractivity (Wildman–Crippen MR) is 41.4 cm³/mol. The Morgan fingerprint density at radius 3 is 2.00 bits per heavy atom. The maximum Gasteiger partial charge on any atom is 0.323 e. The molecule has 14 heavy (non-hydrogen) atoms. The van der Waals surface area contributed by atoms with Crippen LogP contribution < -0.4 is 5.73 Å². The molecule has 0 saturated carbocycles. The van der Waals surface area contributed by atoms with Crippen molar-refractivity contribution in [1.29, 1.82) is 0 Å². The van der Waals surface area contributed by atoms with Gasteiger partial charge in [-0.15, -0.1) is 0 Å². The highest BCUT2D eigenvalue weighted by molar-refractivity contribution is 4.97. The largest absolute Gasteiger partial charge is 0.390 e. The first-order chi connectivity index (χ1) is 6.28. The molecule has 0 bridgehead atoms. The number of nitrogens with two attached hydrogens (primary N) is 1. The van der Waals surface area contributed by atoms with E-state index in [2.05, 4.69) is 0 Å². The first kappa shape index (κ1) is 11.7. The Labute approximate surface area is 78.5 Å². The molecule has 1 saturated heterocycles. The van der Waals surface area contributed by atoms with Crippen LogP contribution in [0.4, 0.5) is 17.6 Å². The van der Waals surface area contributed by atoms with Gasteiger partial charge in [-0.25, -0.2) is 0 Å². The molecule has 0 aliphatic carbocycles. The average molecular weight is 216 g/mol. The maximum atomic E-state index is 12.6. The van der Waals surface area contributed by atoms with Crippen LogP contribution in [0.3, 0.4) is 0 Å². The summed E-state index contributed by atoms with van der Waals surface area (Å²) in [6.45, 7) is -2.44. The SMILES string of the molecule is NCC(O)CN1CC(F)(F)C(F)(F)C1. The molecule has 0 aromatic heterocycles. The van der Waals surface area contributed by atoms with Crippen molar-refractivity contribution < 1.29 is 22.7 Å². The molecule has 7 heteroatoms.